The van der Waals surface area contributed by atoms with E-state index < -0.39 is 0 Å². The highest BCUT2D eigenvalue weighted by Crippen LogP contribution is 2.30. The first-order valence-electron chi connectivity index (χ1n) is 8.41. The first kappa shape index (κ1) is 16.6. The van der Waals surface area contributed by atoms with Gasteiger partial charge in [0.15, 0.2) is 0 Å². The van der Waals surface area contributed by atoms with E-state index in [4.69, 9.17) is 0 Å². The van der Waals surface area contributed by atoms with Gasteiger partial charge in [0.25, 0.3) is 0 Å². The van der Waals surface area contributed by atoms with Crippen LogP contribution >= 0.6 is 11.8 Å². The lowest BCUT2D eigenvalue weighted by atomic mass is 9.91. The summed E-state index contributed by atoms with van der Waals surface area (Å²) in [5.74, 6) is 0. The van der Waals surface area contributed by atoms with Gasteiger partial charge in [-0.15, -0.1) is 11.8 Å². The molecule has 1 aliphatic rings. The van der Waals surface area contributed by atoms with E-state index in [-0.39, 0.29) is 0 Å². The van der Waals surface area contributed by atoms with Gasteiger partial charge in [0.1, 0.15) is 0 Å². The molecule has 1 unspecified atom stereocenters. The van der Waals surface area contributed by atoms with E-state index in [9.17, 15) is 0 Å². The molecule has 21 heavy (non-hydrogen) atoms. The van der Waals surface area contributed by atoms with Gasteiger partial charge in [-0.05, 0) is 62.6 Å². The molecule has 0 amide bonds. The van der Waals surface area contributed by atoms with Gasteiger partial charge in [-0.3, -0.25) is 0 Å². The quantitative estimate of drug-likeness (QED) is 0.532. The normalized spacial score (nSPS) is 20.2. The summed E-state index contributed by atoms with van der Waals surface area (Å²) in [4.78, 5) is 1.35. The van der Waals surface area contributed by atoms with E-state index in [1.165, 1.54) is 55.4 Å². The van der Waals surface area contributed by atoms with Crippen molar-refractivity contribution >= 4 is 11.8 Å². The van der Waals surface area contributed by atoms with E-state index >= 15 is 0 Å². The van der Waals surface area contributed by atoms with Gasteiger partial charge in [0.05, 0.1) is 6.04 Å². The Labute approximate surface area is 134 Å². The van der Waals surface area contributed by atoms with Crippen molar-refractivity contribution in [2.24, 2.45) is 0 Å². The minimum atomic E-state index is 0.416. The second-order valence-corrected chi connectivity index (χ2v) is 6.77. The van der Waals surface area contributed by atoms with E-state index in [2.05, 4.69) is 48.8 Å². The zero-order valence-corrected chi connectivity index (χ0v) is 14.3. The van der Waals surface area contributed by atoms with Gasteiger partial charge in [-0.25, -0.2) is 0 Å². The minimum Gasteiger partial charge on any atom is -0.307 e. The third kappa shape index (κ3) is 5.19. The number of benzene rings is 1. The number of hydrogen-bond donors (Lipinski definition) is 1. The lowest BCUT2D eigenvalue weighted by Crippen LogP contribution is -2.24. The molecule has 1 aliphatic carbocycles. The van der Waals surface area contributed by atoms with Crippen molar-refractivity contribution in [1.82, 2.24) is 5.32 Å². The van der Waals surface area contributed by atoms with Crippen LogP contribution in [0.4, 0.5) is 0 Å². The summed E-state index contributed by atoms with van der Waals surface area (Å²) in [6.07, 6.45) is 13.8. The van der Waals surface area contributed by atoms with Crippen molar-refractivity contribution in [3.05, 3.63) is 41.5 Å². The third-order valence-electron chi connectivity index (χ3n) is 4.24. The van der Waals surface area contributed by atoms with Crippen LogP contribution in [0, 0.1) is 0 Å². The van der Waals surface area contributed by atoms with Gasteiger partial charge in [0.2, 0.25) is 0 Å². The summed E-state index contributed by atoms with van der Waals surface area (Å²) in [6, 6.07) is 9.53. The molecule has 0 heterocycles. The van der Waals surface area contributed by atoms with E-state index in [0.29, 0.717) is 6.04 Å². The van der Waals surface area contributed by atoms with Crippen molar-refractivity contribution in [3.63, 3.8) is 0 Å². The Morgan fingerprint density at radius 1 is 1.10 bits per heavy atom. The van der Waals surface area contributed by atoms with Gasteiger partial charge in [-0.2, -0.15) is 0 Å². The smallest absolute Gasteiger partial charge is 0.0536 e. The van der Waals surface area contributed by atoms with Gasteiger partial charge >= 0.3 is 0 Å². The molecule has 0 spiro atoms. The average Bonchev–Trinajstić information content (AvgIpc) is 2.49. The van der Waals surface area contributed by atoms with Crippen LogP contribution in [0.2, 0.25) is 0 Å². The molecule has 1 N–H and O–H groups in total. The number of nitrogens with one attached hydrogen (secondary N) is 1. The van der Waals surface area contributed by atoms with Crippen LogP contribution in [0.25, 0.3) is 0 Å². The molecular weight excluding hydrogens is 274 g/mol. The Kier molecular flexibility index (Phi) is 7.38. The largest absolute Gasteiger partial charge is 0.307 e. The van der Waals surface area contributed by atoms with Crippen LogP contribution in [-0.4, -0.2) is 12.8 Å². The molecule has 1 aromatic rings. The highest BCUT2D eigenvalue weighted by molar-refractivity contribution is 7.98. The predicted octanol–water partition coefficient (Wildman–Crippen LogP) is 5.73. The molecule has 0 saturated heterocycles. The fourth-order valence-corrected chi connectivity index (χ4v) is 3.44. The Bertz CT molecular complexity index is 435. The molecule has 1 aromatic carbocycles. The molecule has 1 atom stereocenters. The first-order valence-corrected chi connectivity index (χ1v) is 9.64. The summed E-state index contributed by atoms with van der Waals surface area (Å²) in [5.41, 5.74) is 3.04. The summed E-state index contributed by atoms with van der Waals surface area (Å²) >= 11 is 1.81. The van der Waals surface area contributed by atoms with E-state index in [1.54, 1.807) is 5.57 Å². The molecule has 116 valence electrons. The van der Waals surface area contributed by atoms with Crippen molar-refractivity contribution in [2.75, 3.05) is 12.8 Å². The SMILES string of the molecule is CCCNC(/C1=C/CCCCCC1)c1ccc(SC)cc1. The monoisotopic (exact) mass is 303 g/mol. The zero-order chi connectivity index (χ0) is 14.9. The van der Waals surface area contributed by atoms with Crippen LogP contribution < -0.4 is 5.32 Å². The molecule has 0 bridgehead atoms. The maximum absolute atomic E-state index is 3.77. The highest BCUT2D eigenvalue weighted by Gasteiger charge is 2.16. The van der Waals surface area contributed by atoms with Crippen LogP contribution in [0.15, 0.2) is 40.8 Å². The lowest BCUT2D eigenvalue weighted by molar-refractivity contribution is 0.540. The average molecular weight is 304 g/mol. The van der Waals surface area contributed by atoms with Gasteiger partial charge < -0.3 is 5.32 Å². The Balaban J connectivity index is 2.18. The molecule has 0 saturated carbocycles. The molecule has 0 fully saturated rings. The first-order chi connectivity index (χ1) is 10.3. The predicted molar refractivity (Wildman–Crippen MR) is 95.0 cm³/mol. The maximum Gasteiger partial charge on any atom is 0.0536 e. The second-order valence-electron chi connectivity index (χ2n) is 5.89. The van der Waals surface area contributed by atoms with E-state index in [1.807, 2.05) is 11.8 Å². The van der Waals surface area contributed by atoms with Crippen molar-refractivity contribution in [2.45, 2.75) is 62.8 Å². The third-order valence-corrected chi connectivity index (χ3v) is 4.99. The highest BCUT2D eigenvalue weighted by atomic mass is 32.2. The molecule has 0 aliphatic heterocycles. The van der Waals surface area contributed by atoms with Crippen molar-refractivity contribution in [3.8, 4) is 0 Å². The lowest BCUT2D eigenvalue weighted by Gasteiger charge is -2.24. The number of rotatable bonds is 6. The zero-order valence-electron chi connectivity index (χ0n) is 13.5. The second kappa shape index (κ2) is 9.32. The Hall–Kier alpha value is -0.730. The Morgan fingerprint density at radius 2 is 1.86 bits per heavy atom. The summed E-state index contributed by atoms with van der Waals surface area (Å²) in [5, 5.41) is 3.77. The van der Waals surface area contributed by atoms with Crippen LogP contribution in [0.1, 0.15) is 63.5 Å². The molecule has 0 aromatic heterocycles. The molecule has 2 rings (SSSR count). The fraction of sp³-hybridized carbons (Fsp3) is 0.579. The molecule has 0 radical (unpaired) electrons. The molecule has 1 nitrogen and oxygen atoms in total. The minimum absolute atomic E-state index is 0.416. The molecule has 2 heteroatoms. The number of allylic oxidation sites excluding steroid dienone is 1. The fourth-order valence-electron chi connectivity index (χ4n) is 3.03. The van der Waals surface area contributed by atoms with Crippen LogP contribution in [0.3, 0.4) is 0 Å². The summed E-state index contributed by atoms with van der Waals surface area (Å²) in [6.45, 7) is 3.33. The maximum atomic E-state index is 3.77. The number of hydrogen-bond acceptors (Lipinski definition) is 2. The molecular formula is C19H29NS. The van der Waals surface area contributed by atoms with Crippen molar-refractivity contribution in [1.29, 1.82) is 0 Å². The van der Waals surface area contributed by atoms with Gasteiger partial charge in [0, 0.05) is 4.90 Å². The van der Waals surface area contributed by atoms with Crippen LogP contribution in [0.5, 0.6) is 0 Å². The summed E-state index contributed by atoms with van der Waals surface area (Å²) < 4.78 is 0. The van der Waals surface area contributed by atoms with Crippen LogP contribution in [-0.2, 0) is 0 Å². The van der Waals surface area contributed by atoms with E-state index in [0.717, 1.165) is 6.54 Å². The van der Waals surface area contributed by atoms with Gasteiger partial charge in [-0.1, -0.05) is 43.5 Å². The van der Waals surface area contributed by atoms with Crippen molar-refractivity contribution < 1.29 is 0 Å². The standard InChI is InChI=1S/C19H29NS/c1-3-15-20-19(16-9-7-5-4-6-8-10-16)17-11-13-18(21-2)14-12-17/h9,11-14,19-20H,3-8,10,15H2,1-2H3/b16-9+. The Morgan fingerprint density at radius 3 is 2.57 bits per heavy atom. The number of thioether (sulfide) groups is 1. The summed E-state index contributed by atoms with van der Waals surface area (Å²) in [7, 11) is 0. The topological polar surface area (TPSA) is 12.0 Å².